The van der Waals surface area contributed by atoms with Gasteiger partial charge in [-0.2, -0.15) is 0 Å². The number of carbonyl (C=O) groups is 1. The number of rotatable bonds is 4. The van der Waals surface area contributed by atoms with Crippen molar-refractivity contribution in [3.63, 3.8) is 0 Å². The molecule has 0 saturated heterocycles. The SMILES string of the molecule is Cc1noc(C)c1CC(=O)NCc1nc2ccccc2s1. The normalized spacial score (nSPS) is 11.0. The molecule has 0 saturated carbocycles. The number of benzene rings is 1. The molecular formula is C15H15N3O2S. The molecule has 0 atom stereocenters. The Kier molecular flexibility index (Phi) is 3.70. The highest BCUT2D eigenvalue weighted by Gasteiger charge is 2.13. The van der Waals surface area contributed by atoms with Crippen LogP contribution in [0.15, 0.2) is 28.8 Å². The van der Waals surface area contributed by atoms with Crippen molar-refractivity contribution in [3.05, 3.63) is 46.3 Å². The molecule has 0 unspecified atom stereocenters. The lowest BCUT2D eigenvalue weighted by Crippen LogP contribution is -2.24. The molecule has 0 bridgehead atoms. The van der Waals surface area contributed by atoms with Crippen LogP contribution < -0.4 is 5.32 Å². The summed E-state index contributed by atoms with van der Waals surface area (Å²) in [4.78, 5) is 16.5. The van der Waals surface area contributed by atoms with Crippen LogP contribution in [0.4, 0.5) is 0 Å². The zero-order chi connectivity index (χ0) is 14.8. The van der Waals surface area contributed by atoms with Crippen LogP contribution in [-0.2, 0) is 17.8 Å². The molecule has 21 heavy (non-hydrogen) atoms. The van der Waals surface area contributed by atoms with Gasteiger partial charge in [0.05, 0.1) is 28.9 Å². The smallest absolute Gasteiger partial charge is 0.224 e. The monoisotopic (exact) mass is 301 g/mol. The summed E-state index contributed by atoms with van der Waals surface area (Å²) in [5.41, 5.74) is 2.59. The Morgan fingerprint density at radius 1 is 1.33 bits per heavy atom. The lowest BCUT2D eigenvalue weighted by Gasteiger charge is -2.02. The number of hydrogen-bond donors (Lipinski definition) is 1. The molecule has 0 aliphatic heterocycles. The van der Waals surface area contributed by atoms with E-state index in [2.05, 4.69) is 15.5 Å². The Balaban J connectivity index is 1.63. The topological polar surface area (TPSA) is 68.0 Å². The van der Waals surface area contributed by atoms with Crippen molar-refractivity contribution in [2.24, 2.45) is 0 Å². The van der Waals surface area contributed by atoms with Gasteiger partial charge in [0.1, 0.15) is 10.8 Å². The number of aryl methyl sites for hydroxylation is 2. The van der Waals surface area contributed by atoms with Gasteiger partial charge in [0, 0.05) is 5.56 Å². The van der Waals surface area contributed by atoms with Gasteiger partial charge in [0.25, 0.3) is 0 Å². The number of aromatic nitrogens is 2. The molecule has 5 nitrogen and oxygen atoms in total. The van der Waals surface area contributed by atoms with Gasteiger partial charge < -0.3 is 9.84 Å². The Bertz CT molecular complexity index is 739. The van der Waals surface area contributed by atoms with Crippen LogP contribution in [0.1, 0.15) is 22.0 Å². The highest BCUT2D eigenvalue weighted by molar-refractivity contribution is 7.18. The lowest BCUT2D eigenvalue weighted by atomic mass is 10.1. The van der Waals surface area contributed by atoms with Crippen molar-refractivity contribution in [1.29, 1.82) is 0 Å². The average molecular weight is 301 g/mol. The molecule has 0 spiro atoms. The van der Waals surface area contributed by atoms with Crippen molar-refractivity contribution in [3.8, 4) is 0 Å². The Hall–Kier alpha value is -2.21. The van der Waals surface area contributed by atoms with Crippen LogP contribution >= 0.6 is 11.3 Å². The molecule has 0 fully saturated rings. The second-order valence-electron chi connectivity index (χ2n) is 4.83. The third-order valence-corrected chi connectivity index (χ3v) is 4.33. The molecule has 108 valence electrons. The molecule has 0 radical (unpaired) electrons. The van der Waals surface area contributed by atoms with Gasteiger partial charge in [-0.15, -0.1) is 11.3 Å². The molecule has 2 aromatic heterocycles. The first-order valence-corrected chi connectivity index (χ1v) is 7.48. The van der Waals surface area contributed by atoms with E-state index in [1.165, 1.54) is 0 Å². The van der Waals surface area contributed by atoms with Gasteiger partial charge in [-0.3, -0.25) is 4.79 Å². The first-order chi connectivity index (χ1) is 10.1. The molecule has 3 aromatic rings. The fraction of sp³-hybridized carbons (Fsp3) is 0.267. The largest absolute Gasteiger partial charge is 0.361 e. The second-order valence-corrected chi connectivity index (χ2v) is 5.95. The van der Waals surface area contributed by atoms with E-state index in [0.29, 0.717) is 12.3 Å². The quantitative estimate of drug-likeness (QED) is 0.804. The predicted molar refractivity (Wildman–Crippen MR) is 81.1 cm³/mol. The molecule has 2 heterocycles. The number of hydrogen-bond acceptors (Lipinski definition) is 5. The molecule has 1 N–H and O–H groups in total. The Morgan fingerprint density at radius 2 is 2.14 bits per heavy atom. The van der Waals surface area contributed by atoms with Crippen LogP contribution in [0.5, 0.6) is 0 Å². The highest BCUT2D eigenvalue weighted by Crippen LogP contribution is 2.21. The van der Waals surface area contributed by atoms with Gasteiger partial charge in [0.15, 0.2) is 0 Å². The zero-order valence-corrected chi connectivity index (χ0v) is 12.7. The highest BCUT2D eigenvalue weighted by atomic mass is 32.1. The van der Waals surface area contributed by atoms with Crippen molar-refractivity contribution in [2.75, 3.05) is 0 Å². The van der Waals surface area contributed by atoms with E-state index in [1.807, 2.05) is 38.1 Å². The van der Waals surface area contributed by atoms with E-state index >= 15 is 0 Å². The lowest BCUT2D eigenvalue weighted by molar-refractivity contribution is -0.120. The summed E-state index contributed by atoms with van der Waals surface area (Å²) >= 11 is 1.60. The molecule has 6 heteroatoms. The Morgan fingerprint density at radius 3 is 2.86 bits per heavy atom. The van der Waals surface area contributed by atoms with Gasteiger partial charge in [0.2, 0.25) is 5.91 Å². The van der Waals surface area contributed by atoms with Gasteiger partial charge in [-0.1, -0.05) is 17.3 Å². The van der Waals surface area contributed by atoms with Crippen LogP contribution in [0.25, 0.3) is 10.2 Å². The minimum atomic E-state index is -0.0522. The van der Waals surface area contributed by atoms with Gasteiger partial charge >= 0.3 is 0 Å². The van der Waals surface area contributed by atoms with Crippen molar-refractivity contribution in [2.45, 2.75) is 26.8 Å². The fourth-order valence-electron chi connectivity index (χ4n) is 2.15. The van der Waals surface area contributed by atoms with E-state index in [-0.39, 0.29) is 12.3 Å². The minimum absolute atomic E-state index is 0.0522. The first-order valence-electron chi connectivity index (χ1n) is 6.66. The van der Waals surface area contributed by atoms with Crippen LogP contribution in [-0.4, -0.2) is 16.0 Å². The maximum absolute atomic E-state index is 12.0. The summed E-state index contributed by atoms with van der Waals surface area (Å²) in [5.74, 6) is 0.645. The van der Waals surface area contributed by atoms with Crippen LogP contribution in [0.2, 0.25) is 0 Å². The van der Waals surface area contributed by atoms with Gasteiger partial charge in [-0.25, -0.2) is 4.98 Å². The molecular weight excluding hydrogens is 286 g/mol. The zero-order valence-electron chi connectivity index (χ0n) is 11.8. The molecule has 1 amide bonds. The standard InChI is InChI=1S/C15H15N3O2S/c1-9-11(10(2)20-18-9)7-14(19)16-8-15-17-12-5-3-4-6-13(12)21-15/h3-6H,7-8H2,1-2H3,(H,16,19). The number of carbonyl (C=O) groups excluding carboxylic acids is 1. The summed E-state index contributed by atoms with van der Waals surface area (Å²) in [6.45, 7) is 4.10. The number of para-hydroxylation sites is 1. The number of thiazole rings is 1. The maximum atomic E-state index is 12.0. The molecule has 0 aliphatic carbocycles. The van der Waals surface area contributed by atoms with E-state index in [9.17, 15) is 4.79 Å². The summed E-state index contributed by atoms with van der Waals surface area (Å²) in [7, 11) is 0. The fourth-order valence-corrected chi connectivity index (χ4v) is 3.05. The summed E-state index contributed by atoms with van der Waals surface area (Å²) in [5, 5.41) is 7.65. The van der Waals surface area contributed by atoms with E-state index in [1.54, 1.807) is 11.3 Å². The molecule has 3 rings (SSSR count). The van der Waals surface area contributed by atoms with Crippen molar-refractivity contribution >= 4 is 27.5 Å². The first kappa shape index (κ1) is 13.8. The number of nitrogens with one attached hydrogen (secondary N) is 1. The van der Waals surface area contributed by atoms with Crippen molar-refractivity contribution < 1.29 is 9.32 Å². The third-order valence-electron chi connectivity index (χ3n) is 3.29. The van der Waals surface area contributed by atoms with Gasteiger partial charge in [-0.05, 0) is 26.0 Å². The number of fused-ring (bicyclic) bond motifs is 1. The van der Waals surface area contributed by atoms with E-state index < -0.39 is 0 Å². The molecule has 1 aromatic carbocycles. The molecule has 0 aliphatic rings. The second kappa shape index (κ2) is 5.65. The van der Waals surface area contributed by atoms with Crippen LogP contribution in [0, 0.1) is 13.8 Å². The minimum Gasteiger partial charge on any atom is -0.361 e. The maximum Gasteiger partial charge on any atom is 0.224 e. The predicted octanol–water partition coefficient (Wildman–Crippen LogP) is 2.76. The van der Waals surface area contributed by atoms with Crippen LogP contribution in [0.3, 0.4) is 0 Å². The summed E-state index contributed by atoms with van der Waals surface area (Å²) < 4.78 is 6.19. The summed E-state index contributed by atoms with van der Waals surface area (Å²) in [6, 6.07) is 7.95. The van der Waals surface area contributed by atoms with E-state index in [4.69, 9.17) is 4.52 Å². The number of amides is 1. The third kappa shape index (κ3) is 2.95. The van der Waals surface area contributed by atoms with Crippen molar-refractivity contribution in [1.82, 2.24) is 15.5 Å². The number of nitrogens with zero attached hydrogens (tertiary/aromatic N) is 2. The Labute approximate surface area is 126 Å². The van der Waals surface area contributed by atoms with E-state index in [0.717, 1.165) is 26.5 Å². The average Bonchev–Trinajstić information content (AvgIpc) is 3.03. The summed E-state index contributed by atoms with van der Waals surface area (Å²) in [6.07, 6.45) is 0.284.